The maximum atomic E-state index is 12.2. The van der Waals surface area contributed by atoms with Gasteiger partial charge in [0.2, 0.25) is 0 Å². The van der Waals surface area contributed by atoms with Crippen LogP contribution in [0.5, 0.6) is 11.5 Å². The first-order valence-electron chi connectivity index (χ1n) is 9.24. The van der Waals surface area contributed by atoms with E-state index in [1.807, 2.05) is 61.7 Å². The Balaban J connectivity index is 1.57. The predicted molar refractivity (Wildman–Crippen MR) is 113 cm³/mol. The Morgan fingerprint density at radius 3 is 2.46 bits per heavy atom. The number of thiazole rings is 1. The van der Waals surface area contributed by atoms with Gasteiger partial charge in [-0.15, -0.1) is 11.3 Å². The van der Waals surface area contributed by atoms with E-state index in [1.54, 1.807) is 0 Å². The summed E-state index contributed by atoms with van der Waals surface area (Å²) in [5.74, 6) is 1.37. The SMILES string of the molecule is CCCOc1ccc(-c2csc(NC(=O)COc3c(C)cccc3C)n2)cc1. The van der Waals surface area contributed by atoms with Gasteiger partial charge in [-0.1, -0.05) is 25.1 Å². The molecular formula is C22H24N2O3S. The van der Waals surface area contributed by atoms with E-state index in [9.17, 15) is 4.79 Å². The molecule has 2 aromatic carbocycles. The Hall–Kier alpha value is -2.86. The van der Waals surface area contributed by atoms with E-state index < -0.39 is 0 Å². The number of amides is 1. The number of benzene rings is 2. The van der Waals surface area contributed by atoms with E-state index in [4.69, 9.17) is 9.47 Å². The van der Waals surface area contributed by atoms with Gasteiger partial charge in [0.1, 0.15) is 11.5 Å². The van der Waals surface area contributed by atoms with Crippen molar-refractivity contribution >= 4 is 22.4 Å². The standard InChI is InChI=1S/C22H24N2O3S/c1-4-12-26-18-10-8-17(9-11-18)19-14-28-22(23-19)24-20(25)13-27-21-15(2)6-5-7-16(21)3/h5-11,14H,4,12-13H2,1-3H3,(H,23,24,25). The maximum absolute atomic E-state index is 12.2. The Kier molecular flexibility index (Phi) is 6.66. The summed E-state index contributed by atoms with van der Waals surface area (Å²) in [7, 11) is 0. The molecule has 3 rings (SSSR count). The number of para-hydroxylation sites is 1. The summed E-state index contributed by atoms with van der Waals surface area (Å²) in [5, 5.41) is 5.27. The third kappa shape index (κ3) is 5.10. The largest absolute Gasteiger partial charge is 0.494 e. The van der Waals surface area contributed by atoms with Crippen molar-refractivity contribution in [2.45, 2.75) is 27.2 Å². The molecule has 146 valence electrons. The minimum Gasteiger partial charge on any atom is -0.494 e. The number of carbonyl (C=O) groups excluding carboxylic acids is 1. The van der Waals surface area contributed by atoms with Crippen molar-refractivity contribution < 1.29 is 14.3 Å². The number of hydrogen-bond donors (Lipinski definition) is 1. The number of aromatic nitrogens is 1. The second-order valence-electron chi connectivity index (χ2n) is 6.47. The number of nitrogens with one attached hydrogen (secondary N) is 1. The number of carbonyl (C=O) groups is 1. The van der Waals surface area contributed by atoms with Crippen molar-refractivity contribution in [2.75, 3.05) is 18.5 Å². The van der Waals surface area contributed by atoms with Crippen LogP contribution < -0.4 is 14.8 Å². The lowest BCUT2D eigenvalue weighted by Crippen LogP contribution is -2.20. The molecule has 1 amide bonds. The number of hydrogen-bond acceptors (Lipinski definition) is 5. The summed E-state index contributed by atoms with van der Waals surface area (Å²) >= 11 is 1.39. The highest BCUT2D eigenvalue weighted by atomic mass is 32.1. The molecule has 0 fully saturated rings. The highest BCUT2D eigenvalue weighted by Gasteiger charge is 2.11. The Bertz CT molecular complexity index is 915. The first-order valence-corrected chi connectivity index (χ1v) is 10.1. The highest BCUT2D eigenvalue weighted by molar-refractivity contribution is 7.14. The number of nitrogens with zero attached hydrogens (tertiary/aromatic N) is 1. The number of anilines is 1. The summed E-state index contributed by atoms with van der Waals surface area (Å²) in [6.45, 7) is 6.66. The van der Waals surface area contributed by atoms with Gasteiger partial charge in [-0.05, 0) is 55.7 Å². The molecular weight excluding hydrogens is 372 g/mol. The van der Waals surface area contributed by atoms with Crippen LogP contribution in [-0.2, 0) is 4.79 Å². The molecule has 0 aliphatic heterocycles. The highest BCUT2D eigenvalue weighted by Crippen LogP contribution is 2.27. The lowest BCUT2D eigenvalue weighted by Gasteiger charge is -2.11. The first-order chi connectivity index (χ1) is 13.6. The molecule has 0 saturated carbocycles. The van der Waals surface area contributed by atoms with Crippen molar-refractivity contribution in [1.29, 1.82) is 0 Å². The predicted octanol–water partition coefficient (Wildman–Crippen LogP) is 5.23. The van der Waals surface area contributed by atoms with E-state index in [2.05, 4.69) is 17.2 Å². The molecule has 6 heteroatoms. The summed E-state index contributed by atoms with van der Waals surface area (Å²) in [6.07, 6.45) is 0.976. The quantitative estimate of drug-likeness (QED) is 0.566. The van der Waals surface area contributed by atoms with Crippen molar-refractivity contribution in [2.24, 2.45) is 0 Å². The van der Waals surface area contributed by atoms with Crippen LogP contribution in [0.4, 0.5) is 5.13 Å². The molecule has 28 heavy (non-hydrogen) atoms. The molecule has 0 saturated heterocycles. The van der Waals surface area contributed by atoms with Gasteiger partial charge in [0.25, 0.3) is 5.91 Å². The topological polar surface area (TPSA) is 60.5 Å². The molecule has 1 aromatic heterocycles. The van der Waals surface area contributed by atoms with E-state index in [0.29, 0.717) is 11.7 Å². The van der Waals surface area contributed by atoms with Gasteiger partial charge >= 0.3 is 0 Å². The van der Waals surface area contributed by atoms with Gasteiger partial charge in [0.05, 0.1) is 12.3 Å². The van der Waals surface area contributed by atoms with Crippen molar-refractivity contribution in [3.05, 3.63) is 59.0 Å². The second kappa shape index (κ2) is 9.37. The minimum absolute atomic E-state index is 0.0515. The number of aryl methyl sites for hydroxylation is 2. The monoisotopic (exact) mass is 396 g/mol. The average Bonchev–Trinajstić information content (AvgIpc) is 3.14. The van der Waals surface area contributed by atoms with Crippen LogP contribution in [0.3, 0.4) is 0 Å². The Labute approximate surface area is 169 Å². The summed E-state index contributed by atoms with van der Waals surface area (Å²) < 4.78 is 11.3. The third-order valence-corrected chi connectivity index (χ3v) is 4.89. The number of rotatable bonds is 8. The summed E-state index contributed by atoms with van der Waals surface area (Å²) in [4.78, 5) is 16.7. The van der Waals surface area contributed by atoms with Gasteiger partial charge in [-0.3, -0.25) is 10.1 Å². The van der Waals surface area contributed by atoms with Gasteiger partial charge in [0, 0.05) is 10.9 Å². The van der Waals surface area contributed by atoms with E-state index in [-0.39, 0.29) is 12.5 Å². The van der Waals surface area contributed by atoms with Crippen LogP contribution in [0.1, 0.15) is 24.5 Å². The van der Waals surface area contributed by atoms with Gasteiger partial charge in [-0.25, -0.2) is 4.98 Å². The van der Waals surface area contributed by atoms with Crippen LogP contribution in [-0.4, -0.2) is 24.1 Å². The zero-order valence-corrected chi connectivity index (χ0v) is 17.1. The number of ether oxygens (including phenoxy) is 2. The third-order valence-electron chi connectivity index (χ3n) is 4.13. The minimum atomic E-state index is -0.230. The molecule has 0 radical (unpaired) electrons. The van der Waals surface area contributed by atoms with Crippen molar-refractivity contribution in [1.82, 2.24) is 4.98 Å². The zero-order chi connectivity index (χ0) is 19.9. The molecule has 5 nitrogen and oxygen atoms in total. The van der Waals surface area contributed by atoms with Crippen LogP contribution in [0, 0.1) is 13.8 Å². The average molecular weight is 397 g/mol. The molecule has 0 spiro atoms. The molecule has 3 aromatic rings. The van der Waals surface area contributed by atoms with Gasteiger partial charge in [-0.2, -0.15) is 0 Å². The Morgan fingerprint density at radius 2 is 1.79 bits per heavy atom. The molecule has 1 N–H and O–H groups in total. The lowest BCUT2D eigenvalue weighted by molar-refractivity contribution is -0.118. The van der Waals surface area contributed by atoms with E-state index in [1.165, 1.54) is 11.3 Å². The van der Waals surface area contributed by atoms with E-state index >= 15 is 0 Å². The smallest absolute Gasteiger partial charge is 0.264 e. The summed E-state index contributed by atoms with van der Waals surface area (Å²) in [6, 6.07) is 13.7. The molecule has 0 aliphatic carbocycles. The van der Waals surface area contributed by atoms with Crippen molar-refractivity contribution in [3.63, 3.8) is 0 Å². The molecule has 0 bridgehead atoms. The fourth-order valence-corrected chi connectivity index (χ4v) is 3.46. The van der Waals surface area contributed by atoms with Crippen LogP contribution in [0.25, 0.3) is 11.3 Å². The maximum Gasteiger partial charge on any atom is 0.264 e. The second-order valence-corrected chi connectivity index (χ2v) is 7.33. The lowest BCUT2D eigenvalue weighted by atomic mass is 10.1. The first kappa shape index (κ1) is 19.9. The van der Waals surface area contributed by atoms with Gasteiger partial charge < -0.3 is 9.47 Å². The molecule has 0 unspecified atom stereocenters. The fraction of sp³-hybridized carbons (Fsp3) is 0.273. The zero-order valence-electron chi connectivity index (χ0n) is 16.3. The van der Waals surface area contributed by atoms with Crippen molar-refractivity contribution in [3.8, 4) is 22.8 Å². The Morgan fingerprint density at radius 1 is 1.07 bits per heavy atom. The molecule has 0 atom stereocenters. The summed E-state index contributed by atoms with van der Waals surface area (Å²) in [5.41, 5.74) is 3.82. The normalized spacial score (nSPS) is 10.5. The van der Waals surface area contributed by atoms with Crippen LogP contribution in [0.2, 0.25) is 0 Å². The molecule has 0 aliphatic rings. The fourth-order valence-electron chi connectivity index (χ4n) is 2.73. The van der Waals surface area contributed by atoms with Crippen LogP contribution >= 0.6 is 11.3 Å². The molecule has 1 heterocycles. The van der Waals surface area contributed by atoms with E-state index in [0.717, 1.165) is 40.3 Å². The van der Waals surface area contributed by atoms with Gasteiger partial charge in [0.15, 0.2) is 11.7 Å². The van der Waals surface area contributed by atoms with Crippen LogP contribution in [0.15, 0.2) is 47.8 Å².